The molecule has 1 amide bonds. The number of carboxylic acid groups (broad SMARTS) is 1. The summed E-state index contributed by atoms with van der Waals surface area (Å²) < 4.78 is 0. The van der Waals surface area contributed by atoms with Crippen LogP contribution >= 0.6 is 0 Å². The van der Waals surface area contributed by atoms with E-state index >= 15 is 0 Å². The van der Waals surface area contributed by atoms with Gasteiger partial charge in [-0.15, -0.1) is 0 Å². The minimum atomic E-state index is -1.02. The van der Waals surface area contributed by atoms with Crippen LogP contribution in [0.15, 0.2) is 60.7 Å². The Kier molecular flexibility index (Phi) is 8.14. The quantitative estimate of drug-likeness (QED) is 0.891. The fourth-order valence-electron chi connectivity index (χ4n) is 1.81. The van der Waals surface area contributed by atoms with E-state index in [4.69, 9.17) is 5.11 Å². The van der Waals surface area contributed by atoms with E-state index < -0.39 is 12.0 Å². The van der Waals surface area contributed by atoms with Crippen molar-refractivity contribution in [2.75, 3.05) is 0 Å². The fraction of sp³-hybridized carbons (Fsp3) is 0.263. The fourth-order valence-corrected chi connectivity index (χ4v) is 1.81. The zero-order chi connectivity index (χ0) is 17.1. The number of aryl methyl sites for hydroxylation is 2. The molecule has 2 aromatic rings. The van der Waals surface area contributed by atoms with E-state index in [0.29, 0.717) is 12.8 Å². The van der Waals surface area contributed by atoms with Gasteiger partial charge in [-0.25, -0.2) is 0 Å². The number of aliphatic carboxylic acids is 1. The molecule has 0 aliphatic rings. The lowest BCUT2D eigenvalue weighted by molar-refractivity contribution is -0.141. The minimum absolute atomic E-state index is 0.237. The van der Waals surface area contributed by atoms with Gasteiger partial charge in [-0.2, -0.15) is 0 Å². The van der Waals surface area contributed by atoms with Gasteiger partial charge < -0.3 is 10.4 Å². The lowest BCUT2D eigenvalue weighted by atomic mass is 10.1. The predicted octanol–water partition coefficient (Wildman–Crippen LogP) is 3.20. The maximum atomic E-state index is 11.4. The van der Waals surface area contributed by atoms with E-state index in [9.17, 15) is 9.59 Å². The Hall–Kier alpha value is -2.62. The number of carbonyl (C=O) groups excluding carboxylic acids is 1. The van der Waals surface area contributed by atoms with Gasteiger partial charge in [0.1, 0.15) is 6.04 Å². The molecule has 1 atom stereocenters. The van der Waals surface area contributed by atoms with Gasteiger partial charge in [0, 0.05) is 6.42 Å². The highest BCUT2D eigenvalue weighted by Crippen LogP contribution is 2.02. The van der Waals surface area contributed by atoms with Crippen LogP contribution in [0, 0.1) is 6.92 Å². The molecule has 2 rings (SSSR count). The van der Waals surface area contributed by atoms with Crippen molar-refractivity contribution >= 4 is 11.9 Å². The summed E-state index contributed by atoms with van der Waals surface area (Å²) in [5, 5.41) is 11.0. The molecule has 0 fully saturated rings. The average Bonchev–Trinajstić information content (AvgIpc) is 2.55. The van der Waals surface area contributed by atoms with Crippen LogP contribution in [0.3, 0.4) is 0 Å². The van der Waals surface area contributed by atoms with E-state index in [1.165, 1.54) is 12.5 Å². The highest BCUT2D eigenvalue weighted by molar-refractivity contribution is 5.83. The van der Waals surface area contributed by atoms with Crippen LogP contribution in [-0.2, 0) is 16.0 Å². The molecule has 0 heterocycles. The van der Waals surface area contributed by atoms with E-state index in [2.05, 4.69) is 24.4 Å². The van der Waals surface area contributed by atoms with Crippen molar-refractivity contribution < 1.29 is 14.7 Å². The predicted molar refractivity (Wildman–Crippen MR) is 91.2 cm³/mol. The summed E-state index contributed by atoms with van der Waals surface area (Å²) in [5.41, 5.74) is 2.39. The van der Waals surface area contributed by atoms with Crippen LogP contribution in [-0.4, -0.2) is 23.0 Å². The SMILES string of the molecule is CC(NC(=O)CCc1ccccc1)C(=O)O.Cc1ccccc1. The first-order valence-electron chi connectivity index (χ1n) is 7.57. The van der Waals surface area contributed by atoms with E-state index in [1.54, 1.807) is 0 Å². The summed E-state index contributed by atoms with van der Waals surface area (Å²) in [5.74, 6) is -1.26. The first-order valence-corrected chi connectivity index (χ1v) is 7.57. The molecule has 0 saturated heterocycles. The molecular weight excluding hydrogens is 290 g/mol. The second-order valence-corrected chi connectivity index (χ2v) is 5.27. The molecule has 4 heteroatoms. The number of hydrogen-bond donors (Lipinski definition) is 2. The summed E-state index contributed by atoms with van der Waals surface area (Å²) in [6, 6.07) is 19.0. The zero-order valence-corrected chi connectivity index (χ0v) is 13.5. The normalized spacial score (nSPS) is 10.9. The Morgan fingerprint density at radius 1 is 1.00 bits per heavy atom. The third-order valence-corrected chi connectivity index (χ3v) is 3.17. The molecule has 0 aliphatic carbocycles. The van der Waals surface area contributed by atoms with Gasteiger partial charge >= 0.3 is 5.97 Å². The van der Waals surface area contributed by atoms with E-state index in [0.717, 1.165) is 5.56 Å². The average molecular weight is 313 g/mol. The summed E-state index contributed by atoms with van der Waals surface area (Å²) in [6.45, 7) is 3.53. The van der Waals surface area contributed by atoms with Crippen molar-refractivity contribution in [3.8, 4) is 0 Å². The molecule has 0 aromatic heterocycles. The number of amides is 1. The van der Waals surface area contributed by atoms with Crippen molar-refractivity contribution in [2.24, 2.45) is 0 Å². The number of nitrogens with one attached hydrogen (secondary N) is 1. The van der Waals surface area contributed by atoms with Crippen molar-refractivity contribution in [2.45, 2.75) is 32.7 Å². The molecular formula is C19H23NO3. The van der Waals surface area contributed by atoms with Gasteiger partial charge in [0.05, 0.1) is 0 Å². The molecule has 0 radical (unpaired) electrons. The first kappa shape index (κ1) is 18.4. The van der Waals surface area contributed by atoms with Crippen LogP contribution in [0.4, 0.5) is 0 Å². The smallest absolute Gasteiger partial charge is 0.325 e. The number of hydrogen-bond acceptors (Lipinski definition) is 2. The molecule has 1 unspecified atom stereocenters. The minimum Gasteiger partial charge on any atom is -0.480 e. The Morgan fingerprint density at radius 3 is 1.96 bits per heavy atom. The summed E-state index contributed by atoms with van der Waals surface area (Å²) >= 11 is 0. The largest absolute Gasteiger partial charge is 0.480 e. The van der Waals surface area contributed by atoms with E-state index in [-0.39, 0.29) is 5.91 Å². The van der Waals surface area contributed by atoms with Crippen molar-refractivity contribution in [3.63, 3.8) is 0 Å². The Balaban J connectivity index is 0.000000313. The molecule has 0 aliphatic heterocycles. The van der Waals surface area contributed by atoms with Crippen LogP contribution in [0.2, 0.25) is 0 Å². The van der Waals surface area contributed by atoms with Gasteiger partial charge in [0.15, 0.2) is 0 Å². The second-order valence-electron chi connectivity index (χ2n) is 5.27. The standard InChI is InChI=1S/C12H15NO3.C7H8/c1-9(12(15)16)13-11(14)8-7-10-5-3-2-4-6-10;1-7-5-3-2-4-6-7/h2-6,9H,7-8H2,1H3,(H,13,14)(H,15,16);2-6H,1H3. The van der Waals surface area contributed by atoms with Gasteiger partial charge in [-0.1, -0.05) is 66.2 Å². The van der Waals surface area contributed by atoms with Crippen LogP contribution < -0.4 is 5.32 Å². The van der Waals surface area contributed by atoms with Crippen molar-refractivity contribution in [3.05, 3.63) is 71.8 Å². The number of carbonyl (C=O) groups is 2. The second kappa shape index (κ2) is 10.2. The molecule has 23 heavy (non-hydrogen) atoms. The third-order valence-electron chi connectivity index (χ3n) is 3.17. The summed E-state index contributed by atoms with van der Waals surface area (Å²) in [7, 11) is 0. The topological polar surface area (TPSA) is 66.4 Å². The van der Waals surface area contributed by atoms with Gasteiger partial charge in [-0.05, 0) is 25.8 Å². The first-order chi connectivity index (χ1) is 11.0. The van der Waals surface area contributed by atoms with Crippen molar-refractivity contribution in [1.29, 1.82) is 0 Å². The zero-order valence-electron chi connectivity index (χ0n) is 13.5. The lowest BCUT2D eigenvalue weighted by Gasteiger charge is -2.08. The maximum Gasteiger partial charge on any atom is 0.325 e. The summed E-state index contributed by atoms with van der Waals surface area (Å²) in [6.07, 6.45) is 0.931. The summed E-state index contributed by atoms with van der Waals surface area (Å²) in [4.78, 5) is 21.9. The Labute approximate surface area is 137 Å². The van der Waals surface area contributed by atoms with Crippen molar-refractivity contribution in [1.82, 2.24) is 5.32 Å². The lowest BCUT2D eigenvalue weighted by Crippen LogP contribution is -2.38. The van der Waals surface area contributed by atoms with Gasteiger partial charge in [0.25, 0.3) is 0 Å². The van der Waals surface area contributed by atoms with Crippen LogP contribution in [0.5, 0.6) is 0 Å². The highest BCUT2D eigenvalue weighted by Gasteiger charge is 2.13. The third kappa shape index (κ3) is 8.41. The highest BCUT2D eigenvalue weighted by atomic mass is 16.4. The maximum absolute atomic E-state index is 11.4. The molecule has 0 spiro atoms. The number of rotatable bonds is 5. The number of carboxylic acids is 1. The molecule has 122 valence electrons. The van der Waals surface area contributed by atoms with Crippen LogP contribution in [0.25, 0.3) is 0 Å². The van der Waals surface area contributed by atoms with E-state index in [1.807, 2.05) is 48.5 Å². The van der Waals surface area contributed by atoms with Gasteiger partial charge in [0.2, 0.25) is 5.91 Å². The molecule has 4 nitrogen and oxygen atoms in total. The Morgan fingerprint density at radius 2 is 1.52 bits per heavy atom. The molecule has 0 bridgehead atoms. The molecule has 2 N–H and O–H groups in total. The van der Waals surface area contributed by atoms with Crippen LogP contribution in [0.1, 0.15) is 24.5 Å². The number of benzene rings is 2. The van der Waals surface area contributed by atoms with Gasteiger partial charge in [-0.3, -0.25) is 9.59 Å². The Bertz CT molecular complexity index is 597. The monoisotopic (exact) mass is 313 g/mol. The molecule has 2 aromatic carbocycles. The molecule has 0 saturated carbocycles.